The number of carbonyl (C=O) groups excluding carboxylic acids is 1. The fourth-order valence-corrected chi connectivity index (χ4v) is 1.45. The minimum atomic E-state index is -4.14. The maximum Gasteiger partial charge on any atom is 0.427 e. The number of ether oxygens (including phenoxy) is 1. The Morgan fingerprint density at radius 3 is 2.73 bits per heavy atom. The zero-order valence-corrected chi connectivity index (χ0v) is 10.1. The van der Waals surface area contributed by atoms with Crippen LogP contribution in [0.2, 0.25) is 0 Å². The molecule has 0 aliphatic carbocycles. The van der Waals surface area contributed by atoms with Gasteiger partial charge in [0.25, 0.3) is 0 Å². The normalized spacial score (nSPS) is 10.8. The van der Waals surface area contributed by atoms with Crippen LogP contribution in [0.5, 0.6) is 5.75 Å². The summed E-state index contributed by atoms with van der Waals surface area (Å²) >= 11 is 3.09. The number of carbonyl (C=O) groups is 1. The second kappa shape index (κ2) is 4.77. The first-order valence-electron chi connectivity index (χ1n) is 3.41. The molecule has 0 aliphatic heterocycles. The highest BCUT2D eigenvalue weighted by atomic mass is 79.9. The van der Waals surface area contributed by atoms with Crippen LogP contribution in [0.1, 0.15) is 0 Å². The van der Waals surface area contributed by atoms with Gasteiger partial charge >= 0.3 is 15.3 Å². The molecule has 1 aromatic rings. The summed E-state index contributed by atoms with van der Waals surface area (Å²) in [4.78, 5) is 14.6. The van der Waals surface area contributed by atoms with E-state index in [1.54, 1.807) is 0 Å². The molecule has 1 N–H and O–H groups in total. The lowest BCUT2D eigenvalue weighted by atomic mass is 10.5. The maximum absolute atomic E-state index is 10.9. The van der Waals surface area contributed by atoms with Crippen LogP contribution in [0.15, 0.2) is 22.9 Å². The largest absolute Gasteiger partial charge is 0.427 e. The van der Waals surface area contributed by atoms with Crippen LogP contribution in [0.4, 0.5) is 4.79 Å². The van der Waals surface area contributed by atoms with Gasteiger partial charge in [0.15, 0.2) is 5.75 Å². The molecule has 1 amide bonds. The Bertz CT molecular complexity index is 478. The van der Waals surface area contributed by atoms with Crippen LogP contribution in [0, 0.1) is 0 Å². The Hall–Kier alpha value is -0.860. The second-order valence-corrected chi connectivity index (χ2v) is 5.48. The van der Waals surface area contributed by atoms with Gasteiger partial charge in [0.05, 0.1) is 6.20 Å². The van der Waals surface area contributed by atoms with Crippen LogP contribution >= 0.6 is 26.6 Å². The Morgan fingerprint density at radius 1 is 1.53 bits per heavy atom. The molecule has 15 heavy (non-hydrogen) atoms. The Kier molecular flexibility index (Phi) is 3.89. The van der Waals surface area contributed by atoms with Gasteiger partial charge in [-0.2, -0.15) is 8.42 Å². The van der Waals surface area contributed by atoms with E-state index in [0.29, 0.717) is 4.47 Å². The Balaban J connectivity index is 2.67. The topological polar surface area (TPSA) is 85.4 Å². The molecule has 0 saturated heterocycles. The molecule has 0 bridgehead atoms. The van der Waals surface area contributed by atoms with Gasteiger partial charge in [-0.1, -0.05) is 0 Å². The van der Waals surface area contributed by atoms with Crippen molar-refractivity contribution in [2.45, 2.75) is 0 Å². The lowest BCUT2D eigenvalue weighted by Crippen LogP contribution is -2.29. The van der Waals surface area contributed by atoms with Gasteiger partial charge in [0.2, 0.25) is 0 Å². The van der Waals surface area contributed by atoms with Crippen molar-refractivity contribution in [2.24, 2.45) is 0 Å². The molecule has 1 aromatic heterocycles. The third kappa shape index (κ3) is 4.96. The van der Waals surface area contributed by atoms with Gasteiger partial charge in [0.1, 0.15) is 0 Å². The molecule has 0 unspecified atom stereocenters. The number of nitrogens with one attached hydrogen (secondary N) is 1. The number of nitrogens with zero attached hydrogens (tertiary/aromatic N) is 1. The van der Waals surface area contributed by atoms with Crippen LogP contribution in [-0.4, -0.2) is 19.5 Å². The van der Waals surface area contributed by atoms with Crippen LogP contribution < -0.4 is 9.46 Å². The molecule has 0 saturated carbocycles. The highest BCUT2D eigenvalue weighted by molar-refractivity contribution is 9.10. The number of amides is 1. The van der Waals surface area contributed by atoms with Gasteiger partial charge in [-0.05, 0) is 22.0 Å². The molecule has 0 fully saturated rings. The van der Waals surface area contributed by atoms with E-state index in [1.807, 2.05) is 0 Å². The lowest BCUT2D eigenvalue weighted by molar-refractivity contribution is 0.207. The molecule has 0 aromatic carbocycles. The van der Waals surface area contributed by atoms with E-state index in [-0.39, 0.29) is 5.75 Å². The molecule has 0 atom stereocenters. The standard InChI is InChI=1S/C6H4BrClN2O4S/c7-4-1-5(3-9-2-4)14-6(11)10-15(8,12)13/h1-3H,(H,10,11). The number of halogens is 2. The summed E-state index contributed by atoms with van der Waals surface area (Å²) in [5, 5.41) is 0. The minimum absolute atomic E-state index is 0.0854. The molecule has 0 spiro atoms. The SMILES string of the molecule is O=C(NS(=O)(=O)Cl)Oc1cncc(Br)c1. The fraction of sp³-hybridized carbons (Fsp3) is 0. The number of hydrogen-bond donors (Lipinski definition) is 1. The predicted molar refractivity (Wildman–Crippen MR) is 55.9 cm³/mol. The van der Waals surface area contributed by atoms with Gasteiger partial charge < -0.3 is 4.74 Å². The summed E-state index contributed by atoms with van der Waals surface area (Å²) in [5.41, 5.74) is 0. The first-order valence-corrected chi connectivity index (χ1v) is 6.52. The zero-order chi connectivity index (χ0) is 11.5. The Morgan fingerprint density at radius 2 is 2.20 bits per heavy atom. The molecule has 1 heterocycles. The second-order valence-electron chi connectivity index (χ2n) is 2.27. The Labute approximate surface area is 98.3 Å². The molecule has 1 rings (SSSR count). The van der Waals surface area contributed by atoms with Gasteiger partial charge in [-0.15, -0.1) is 0 Å². The van der Waals surface area contributed by atoms with Crippen molar-refractivity contribution >= 4 is 41.9 Å². The number of aromatic nitrogens is 1. The third-order valence-electron chi connectivity index (χ3n) is 1.10. The van der Waals surface area contributed by atoms with Crippen molar-refractivity contribution in [3.8, 4) is 5.75 Å². The van der Waals surface area contributed by atoms with E-state index in [9.17, 15) is 13.2 Å². The first-order chi connectivity index (χ1) is 6.87. The highest BCUT2D eigenvalue weighted by Crippen LogP contribution is 2.15. The van der Waals surface area contributed by atoms with Crippen molar-refractivity contribution in [2.75, 3.05) is 0 Å². The quantitative estimate of drug-likeness (QED) is 0.834. The summed E-state index contributed by atoms with van der Waals surface area (Å²) < 4.78 is 27.4. The number of hydrogen-bond acceptors (Lipinski definition) is 5. The predicted octanol–water partition coefficient (Wildman–Crippen LogP) is 1.42. The van der Waals surface area contributed by atoms with Crippen molar-refractivity contribution in [1.29, 1.82) is 0 Å². The van der Waals surface area contributed by atoms with Gasteiger partial charge in [-0.3, -0.25) is 4.98 Å². The molecule has 6 nitrogen and oxygen atoms in total. The third-order valence-corrected chi connectivity index (χ3v) is 2.17. The molecule has 0 radical (unpaired) electrons. The molecule has 0 aliphatic rings. The summed E-state index contributed by atoms with van der Waals surface area (Å²) in [7, 11) is 0.623. The molecular formula is C6H4BrClN2O4S. The minimum Gasteiger partial charge on any atom is -0.408 e. The summed E-state index contributed by atoms with van der Waals surface area (Å²) in [6.07, 6.45) is 1.51. The molecular weight excluding hydrogens is 312 g/mol. The average Bonchev–Trinajstić information content (AvgIpc) is 1.99. The van der Waals surface area contributed by atoms with E-state index in [1.165, 1.54) is 23.2 Å². The monoisotopic (exact) mass is 314 g/mol. The van der Waals surface area contributed by atoms with E-state index in [0.717, 1.165) is 0 Å². The van der Waals surface area contributed by atoms with Crippen molar-refractivity contribution in [3.05, 3.63) is 22.9 Å². The van der Waals surface area contributed by atoms with E-state index < -0.39 is 15.3 Å². The van der Waals surface area contributed by atoms with Crippen molar-refractivity contribution in [3.63, 3.8) is 0 Å². The van der Waals surface area contributed by atoms with Gasteiger partial charge in [0, 0.05) is 21.4 Å². The summed E-state index contributed by atoms with van der Waals surface area (Å²) in [6.45, 7) is 0. The van der Waals surface area contributed by atoms with E-state index >= 15 is 0 Å². The van der Waals surface area contributed by atoms with Crippen molar-refractivity contribution in [1.82, 2.24) is 9.71 Å². The van der Waals surface area contributed by atoms with Crippen LogP contribution in [0.25, 0.3) is 0 Å². The molecule has 82 valence electrons. The number of rotatable bonds is 2. The molecule has 9 heteroatoms. The van der Waals surface area contributed by atoms with Crippen molar-refractivity contribution < 1.29 is 17.9 Å². The fourth-order valence-electron chi connectivity index (χ4n) is 0.676. The zero-order valence-electron chi connectivity index (χ0n) is 6.98. The van der Waals surface area contributed by atoms with Crippen LogP contribution in [0.3, 0.4) is 0 Å². The number of pyridine rings is 1. The lowest BCUT2D eigenvalue weighted by Gasteiger charge is -2.03. The van der Waals surface area contributed by atoms with Gasteiger partial charge in [-0.25, -0.2) is 9.52 Å². The summed E-state index contributed by atoms with van der Waals surface area (Å²) in [6, 6.07) is 1.44. The van der Waals surface area contributed by atoms with E-state index in [2.05, 4.69) is 25.7 Å². The average molecular weight is 316 g/mol. The maximum atomic E-state index is 10.9. The van der Waals surface area contributed by atoms with E-state index in [4.69, 9.17) is 10.7 Å². The highest BCUT2D eigenvalue weighted by Gasteiger charge is 2.12. The first kappa shape index (κ1) is 12.2. The van der Waals surface area contributed by atoms with Crippen LogP contribution in [-0.2, 0) is 9.24 Å². The smallest absolute Gasteiger partial charge is 0.408 e. The summed E-state index contributed by atoms with van der Waals surface area (Å²) in [5.74, 6) is 0.0854.